The van der Waals surface area contributed by atoms with Gasteiger partial charge in [0.25, 0.3) is 10.2 Å². The van der Waals surface area contributed by atoms with E-state index >= 15 is 0 Å². The van der Waals surface area contributed by atoms with Crippen molar-refractivity contribution in [2.45, 2.75) is 33.6 Å². The Morgan fingerprint density at radius 2 is 1.65 bits per heavy atom. The van der Waals surface area contributed by atoms with Gasteiger partial charge in [-0.2, -0.15) is 12.7 Å². The molecular weight excluding hydrogens is 272 g/mol. The lowest BCUT2D eigenvalue weighted by atomic mass is 9.89. The van der Waals surface area contributed by atoms with Gasteiger partial charge in [0, 0.05) is 19.6 Å². The number of nitrogens with one attached hydrogen (secondary N) is 1. The molecule has 0 heterocycles. The summed E-state index contributed by atoms with van der Waals surface area (Å²) in [5, 5.41) is 0. The standard InChI is InChI=1S/C15H26N2O2S/c1-5-17(6-2)20(18,19)16-12-15(13(3)4)14-10-8-7-9-11-14/h7-11,13,15-16H,5-6,12H2,1-4H3. The highest BCUT2D eigenvalue weighted by molar-refractivity contribution is 7.87. The zero-order chi connectivity index (χ0) is 15.2. The summed E-state index contributed by atoms with van der Waals surface area (Å²) in [6.45, 7) is 9.33. The Kier molecular flexibility index (Phi) is 6.65. The molecule has 1 aromatic carbocycles. The smallest absolute Gasteiger partial charge is 0.201 e. The fraction of sp³-hybridized carbons (Fsp3) is 0.600. The minimum Gasteiger partial charge on any atom is -0.201 e. The lowest BCUT2D eigenvalue weighted by Crippen LogP contribution is -2.42. The highest BCUT2D eigenvalue weighted by atomic mass is 32.2. The lowest BCUT2D eigenvalue weighted by molar-refractivity contribution is 0.423. The van der Waals surface area contributed by atoms with E-state index in [0.717, 1.165) is 0 Å². The summed E-state index contributed by atoms with van der Waals surface area (Å²) in [7, 11) is -3.38. The maximum Gasteiger partial charge on any atom is 0.279 e. The number of benzene rings is 1. The summed E-state index contributed by atoms with van der Waals surface area (Å²) >= 11 is 0. The highest BCUT2D eigenvalue weighted by Gasteiger charge is 2.22. The van der Waals surface area contributed by atoms with E-state index in [0.29, 0.717) is 25.6 Å². The Hall–Kier alpha value is -0.910. The van der Waals surface area contributed by atoms with Gasteiger partial charge in [-0.1, -0.05) is 58.0 Å². The summed E-state index contributed by atoms with van der Waals surface area (Å²) in [6.07, 6.45) is 0. The van der Waals surface area contributed by atoms with Gasteiger partial charge in [-0.15, -0.1) is 0 Å². The molecule has 0 aliphatic heterocycles. The molecule has 0 bridgehead atoms. The van der Waals surface area contributed by atoms with E-state index < -0.39 is 10.2 Å². The Morgan fingerprint density at radius 3 is 2.10 bits per heavy atom. The lowest BCUT2D eigenvalue weighted by Gasteiger charge is -2.24. The molecular formula is C15H26N2O2S. The second-order valence-corrected chi connectivity index (χ2v) is 6.95. The maximum atomic E-state index is 12.2. The second-order valence-electron chi connectivity index (χ2n) is 5.20. The third-order valence-electron chi connectivity index (χ3n) is 3.56. The number of hydrogen-bond acceptors (Lipinski definition) is 2. The van der Waals surface area contributed by atoms with Crippen LogP contribution in [-0.4, -0.2) is 32.4 Å². The fourth-order valence-electron chi connectivity index (χ4n) is 2.29. The first kappa shape index (κ1) is 17.1. The SMILES string of the molecule is CCN(CC)S(=O)(=O)NCC(c1ccccc1)C(C)C. The van der Waals surface area contributed by atoms with Crippen LogP contribution in [0.2, 0.25) is 0 Å². The largest absolute Gasteiger partial charge is 0.279 e. The highest BCUT2D eigenvalue weighted by Crippen LogP contribution is 2.23. The Morgan fingerprint density at radius 1 is 1.10 bits per heavy atom. The van der Waals surface area contributed by atoms with E-state index in [9.17, 15) is 8.42 Å². The van der Waals surface area contributed by atoms with Gasteiger partial charge < -0.3 is 0 Å². The molecule has 0 amide bonds. The van der Waals surface area contributed by atoms with Crippen molar-refractivity contribution in [1.29, 1.82) is 0 Å². The fourth-order valence-corrected chi connectivity index (χ4v) is 3.54. The minimum absolute atomic E-state index is 0.182. The molecule has 0 radical (unpaired) electrons. The first-order valence-electron chi connectivity index (χ1n) is 7.22. The molecule has 0 spiro atoms. The number of nitrogens with zero attached hydrogens (tertiary/aromatic N) is 1. The van der Waals surface area contributed by atoms with Crippen molar-refractivity contribution in [3.8, 4) is 0 Å². The van der Waals surface area contributed by atoms with Crippen LogP contribution in [0.5, 0.6) is 0 Å². The molecule has 4 nitrogen and oxygen atoms in total. The molecule has 0 aliphatic rings. The van der Waals surface area contributed by atoms with E-state index in [1.807, 2.05) is 32.0 Å². The van der Waals surface area contributed by atoms with Crippen LogP contribution in [0.1, 0.15) is 39.2 Å². The van der Waals surface area contributed by atoms with E-state index in [2.05, 4.69) is 30.7 Å². The molecule has 0 saturated heterocycles. The van der Waals surface area contributed by atoms with Crippen LogP contribution in [0.15, 0.2) is 30.3 Å². The van der Waals surface area contributed by atoms with Crippen molar-refractivity contribution in [3.63, 3.8) is 0 Å². The van der Waals surface area contributed by atoms with Gasteiger partial charge in [0.2, 0.25) is 0 Å². The Labute approximate surface area is 123 Å². The van der Waals surface area contributed by atoms with Crippen molar-refractivity contribution in [3.05, 3.63) is 35.9 Å². The number of rotatable bonds is 8. The average molecular weight is 298 g/mol. The van der Waals surface area contributed by atoms with Gasteiger partial charge in [-0.25, -0.2) is 4.72 Å². The normalized spacial score (nSPS) is 13.9. The first-order chi connectivity index (χ1) is 9.42. The van der Waals surface area contributed by atoms with Crippen LogP contribution in [0.25, 0.3) is 0 Å². The van der Waals surface area contributed by atoms with Gasteiger partial charge in [-0.3, -0.25) is 0 Å². The zero-order valence-corrected chi connectivity index (χ0v) is 13.7. The number of hydrogen-bond donors (Lipinski definition) is 1. The third-order valence-corrected chi connectivity index (χ3v) is 5.29. The van der Waals surface area contributed by atoms with Crippen molar-refractivity contribution in [1.82, 2.24) is 9.03 Å². The van der Waals surface area contributed by atoms with Gasteiger partial charge >= 0.3 is 0 Å². The average Bonchev–Trinajstić information content (AvgIpc) is 2.40. The molecule has 0 aliphatic carbocycles. The molecule has 1 unspecified atom stereocenters. The van der Waals surface area contributed by atoms with Gasteiger partial charge in [0.05, 0.1) is 0 Å². The molecule has 0 saturated carbocycles. The van der Waals surface area contributed by atoms with Crippen LogP contribution in [0.4, 0.5) is 0 Å². The molecule has 1 N–H and O–H groups in total. The van der Waals surface area contributed by atoms with E-state index in [1.54, 1.807) is 0 Å². The monoisotopic (exact) mass is 298 g/mol. The van der Waals surface area contributed by atoms with Crippen LogP contribution >= 0.6 is 0 Å². The topological polar surface area (TPSA) is 49.4 Å². The van der Waals surface area contributed by atoms with Gasteiger partial charge in [0.1, 0.15) is 0 Å². The molecule has 5 heteroatoms. The molecule has 1 aromatic rings. The Balaban J connectivity index is 2.79. The maximum absolute atomic E-state index is 12.2. The molecule has 20 heavy (non-hydrogen) atoms. The van der Waals surface area contributed by atoms with E-state index in [4.69, 9.17) is 0 Å². The summed E-state index contributed by atoms with van der Waals surface area (Å²) in [5.41, 5.74) is 1.17. The molecule has 114 valence electrons. The molecule has 1 atom stereocenters. The van der Waals surface area contributed by atoms with Crippen molar-refractivity contribution < 1.29 is 8.42 Å². The second kappa shape index (κ2) is 7.76. The Bertz CT molecular complexity index is 482. The summed E-state index contributed by atoms with van der Waals surface area (Å²) in [4.78, 5) is 0. The summed E-state index contributed by atoms with van der Waals surface area (Å²) in [6, 6.07) is 10.1. The van der Waals surface area contributed by atoms with Gasteiger partial charge in [-0.05, 0) is 17.4 Å². The van der Waals surface area contributed by atoms with Crippen molar-refractivity contribution >= 4 is 10.2 Å². The summed E-state index contributed by atoms with van der Waals surface area (Å²) < 4.78 is 28.5. The zero-order valence-electron chi connectivity index (χ0n) is 12.8. The van der Waals surface area contributed by atoms with Crippen molar-refractivity contribution in [2.24, 2.45) is 5.92 Å². The molecule has 1 rings (SSSR count). The molecule has 0 fully saturated rings. The van der Waals surface area contributed by atoms with Gasteiger partial charge in [0.15, 0.2) is 0 Å². The first-order valence-corrected chi connectivity index (χ1v) is 8.66. The van der Waals surface area contributed by atoms with E-state index in [-0.39, 0.29) is 5.92 Å². The predicted octanol–water partition coefficient (Wildman–Crippen LogP) is 2.60. The van der Waals surface area contributed by atoms with Crippen LogP contribution in [-0.2, 0) is 10.2 Å². The quantitative estimate of drug-likeness (QED) is 0.802. The molecule has 0 aromatic heterocycles. The third kappa shape index (κ3) is 4.58. The predicted molar refractivity (Wildman–Crippen MR) is 83.9 cm³/mol. The summed E-state index contributed by atoms with van der Waals surface area (Å²) in [5.74, 6) is 0.554. The van der Waals surface area contributed by atoms with Crippen LogP contribution in [0, 0.1) is 5.92 Å². The van der Waals surface area contributed by atoms with Crippen LogP contribution < -0.4 is 4.72 Å². The van der Waals surface area contributed by atoms with Crippen LogP contribution in [0.3, 0.4) is 0 Å². The van der Waals surface area contributed by atoms with Crippen molar-refractivity contribution in [2.75, 3.05) is 19.6 Å². The van der Waals surface area contributed by atoms with E-state index in [1.165, 1.54) is 9.87 Å². The minimum atomic E-state index is -3.38.